The summed E-state index contributed by atoms with van der Waals surface area (Å²) in [6.45, 7) is 0. The summed E-state index contributed by atoms with van der Waals surface area (Å²) in [5, 5.41) is 7.59. The van der Waals surface area contributed by atoms with E-state index in [9.17, 15) is 0 Å². The van der Waals surface area contributed by atoms with Crippen LogP contribution in [0.5, 0.6) is 0 Å². The summed E-state index contributed by atoms with van der Waals surface area (Å²) in [4.78, 5) is 0. The lowest BCUT2D eigenvalue weighted by Crippen LogP contribution is -1.95. The van der Waals surface area contributed by atoms with Crippen molar-refractivity contribution >= 4 is 5.82 Å². The highest BCUT2D eigenvalue weighted by Gasteiger charge is 1.99. The Bertz CT molecular complexity index is 337. The first-order valence-electron chi connectivity index (χ1n) is 3.08. The molecule has 56 valence electrons. The summed E-state index contributed by atoms with van der Waals surface area (Å²) in [6.07, 6.45) is 3.19. The fourth-order valence-electron chi connectivity index (χ4n) is 0.790. The molecule has 0 spiro atoms. The van der Waals surface area contributed by atoms with E-state index < -0.39 is 0 Å². The smallest absolute Gasteiger partial charge is 0.196 e. The van der Waals surface area contributed by atoms with Crippen molar-refractivity contribution in [3.05, 3.63) is 24.6 Å². The predicted molar refractivity (Wildman–Crippen MR) is 38.0 cm³/mol. The van der Waals surface area contributed by atoms with Gasteiger partial charge in [-0.05, 0) is 0 Å². The summed E-state index contributed by atoms with van der Waals surface area (Å²) >= 11 is 0. The average Bonchev–Trinajstić information content (AvgIpc) is 2.55. The molecule has 0 fully saturated rings. The van der Waals surface area contributed by atoms with Gasteiger partial charge in [0.05, 0.1) is 0 Å². The molecule has 0 saturated heterocycles. The zero-order valence-corrected chi connectivity index (χ0v) is 5.64. The molecular weight excluding hydrogens is 144 g/mol. The van der Waals surface area contributed by atoms with Gasteiger partial charge in [-0.3, -0.25) is 0 Å². The Balaban J connectivity index is 2.45. The van der Waals surface area contributed by atoms with Crippen LogP contribution in [0.1, 0.15) is 0 Å². The minimum absolute atomic E-state index is 0.466. The molecule has 0 bridgehead atoms. The molecule has 0 aliphatic heterocycles. The monoisotopic (exact) mass is 150 g/mol. The lowest BCUT2D eigenvalue weighted by molar-refractivity contribution is 0.415. The van der Waals surface area contributed by atoms with Gasteiger partial charge >= 0.3 is 0 Å². The molecule has 2 aromatic heterocycles. The van der Waals surface area contributed by atoms with Gasteiger partial charge in [-0.25, -0.2) is 4.68 Å². The van der Waals surface area contributed by atoms with Crippen molar-refractivity contribution in [3.63, 3.8) is 0 Å². The summed E-state index contributed by atoms with van der Waals surface area (Å²) in [5.41, 5.74) is 5.39. The van der Waals surface area contributed by atoms with Crippen LogP contribution in [-0.2, 0) is 0 Å². The Hall–Kier alpha value is -1.78. The second-order valence-electron chi connectivity index (χ2n) is 2.04. The van der Waals surface area contributed by atoms with E-state index >= 15 is 0 Å². The highest BCUT2D eigenvalue weighted by atomic mass is 16.5. The molecule has 2 heterocycles. The SMILES string of the molecule is Nc1ccn(-c2ccon2)n1. The number of nitrogens with two attached hydrogens (primary N) is 1. The third kappa shape index (κ3) is 0.958. The Morgan fingerprint density at radius 3 is 2.91 bits per heavy atom. The van der Waals surface area contributed by atoms with E-state index in [4.69, 9.17) is 5.73 Å². The number of aromatic nitrogens is 3. The Labute approximate surface area is 62.4 Å². The van der Waals surface area contributed by atoms with Crippen molar-refractivity contribution in [2.75, 3.05) is 5.73 Å². The minimum atomic E-state index is 0.466. The molecule has 11 heavy (non-hydrogen) atoms. The molecule has 0 amide bonds. The molecule has 0 atom stereocenters. The average molecular weight is 150 g/mol. The topological polar surface area (TPSA) is 69.9 Å². The summed E-state index contributed by atoms with van der Waals surface area (Å²) in [6, 6.07) is 3.39. The van der Waals surface area contributed by atoms with Gasteiger partial charge in [-0.15, -0.1) is 5.10 Å². The number of nitrogens with zero attached hydrogens (tertiary/aromatic N) is 3. The maximum absolute atomic E-state index is 5.39. The molecule has 0 unspecified atom stereocenters. The largest absolute Gasteiger partial charge is 0.382 e. The molecule has 0 aliphatic carbocycles. The second-order valence-corrected chi connectivity index (χ2v) is 2.04. The van der Waals surface area contributed by atoms with Gasteiger partial charge in [-0.1, -0.05) is 5.16 Å². The first-order chi connectivity index (χ1) is 5.36. The van der Waals surface area contributed by atoms with E-state index in [0.717, 1.165) is 0 Å². The van der Waals surface area contributed by atoms with E-state index in [2.05, 4.69) is 14.8 Å². The summed E-state index contributed by atoms with van der Waals surface area (Å²) in [5.74, 6) is 1.09. The van der Waals surface area contributed by atoms with Crippen molar-refractivity contribution < 1.29 is 4.52 Å². The summed E-state index contributed by atoms with van der Waals surface area (Å²) in [7, 11) is 0. The highest BCUT2D eigenvalue weighted by molar-refractivity contribution is 5.28. The molecule has 2 aromatic rings. The number of nitrogen functional groups attached to an aromatic ring is 1. The van der Waals surface area contributed by atoms with Crippen LogP contribution < -0.4 is 5.73 Å². The van der Waals surface area contributed by atoms with Crippen molar-refractivity contribution in [1.82, 2.24) is 14.9 Å². The first kappa shape index (κ1) is 5.96. The summed E-state index contributed by atoms with van der Waals surface area (Å²) < 4.78 is 6.17. The molecule has 0 saturated carbocycles. The lowest BCUT2D eigenvalue weighted by atomic mass is 10.6. The zero-order chi connectivity index (χ0) is 7.68. The van der Waals surface area contributed by atoms with Crippen LogP contribution in [0.25, 0.3) is 5.82 Å². The van der Waals surface area contributed by atoms with Gasteiger partial charge < -0.3 is 10.3 Å². The van der Waals surface area contributed by atoms with Gasteiger partial charge in [-0.2, -0.15) is 0 Å². The highest BCUT2D eigenvalue weighted by Crippen LogP contribution is 2.04. The third-order valence-electron chi connectivity index (χ3n) is 1.27. The third-order valence-corrected chi connectivity index (χ3v) is 1.27. The van der Waals surface area contributed by atoms with Crippen LogP contribution >= 0.6 is 0 Å². The van der Waals surface area contributed by atoms with E-state index in [1.54, 1.807) is 23.0 Å². The van der Waals surface area contributed by atoms with Crippen LogP contribution in [0.3, 0.4) is 0 Å². The second kappa shape index (κ2) is 2.12. The van der Waals surface area contributed by atoms with Gasteiger partial charge in [0.15, 0.2) is 5.82 Å². The zero-order valence-electron chi connectivity index (χ0n) is 5.64. The van der Waals surface area contributed by atoms with E-state index in [1.807, 2.05) is 0 Å². The molecule has 0 aliphatic rings. The molecule has 5 heteroatoms. The van der Waals surface area contributed by atoms with E-state index in [1.165, 1.54) is 6.26 Å². The number of hydrogen-bond acceptors (Lipinski definition) is 4. The number of hydrogen-bond donors (Lipinski definition) is 1. The van der Waals surface area contributed by atoms with Crippen molar-refractivity contribution in [1.29, 1.82) is 0 Å². The van der Waals surface area contributed by atoms with E-state index in [-0.39, 0.29) is 0 Å². The Morgan fingerprint density at radius 2 is 2.36 bits per heavy atom. The lowest BCUT2D eigenvalue weighted by Gasteiger charge is -1.89. The number of rotatable bonds is 1. The number of anilines is 1. The maximum Gasteiger partial charge on any atom is 0.196 e. The fraction of sp³-hybridized carbons (Fsp3) is 0. The molecule has 0 radical (unpaired) electrons. The minimum Gasteiger partial charge on any atom is -0.382 e. The molecule has 0 aromatic carbocycles. The van der Waals surface area contributed by atoms with Gasteiger partial charge in [0, 0.05) is 18.3 Å². The van der Waals surface area contributed by atoms with Crippen LogP contribution in [-0.4, -0.2) is 14.9 Å². The van der Waals surface area contributed by atoms with E-state index in [0.29, 0.717) is 11.6 Å². The quantitative estimate of drug-likeness (QED) is 0.640. The van der Waals surface area contributed by atoms with Gasteiger partial charge in [0.2, 0.25) is 0 Å². The van der Waals surface area contributed by atoms with Crippen LogP contribution in [0, 0.1) is 0 Å². The van der Waals surface area contributed by atoms with Crippen LogP contribution in [0.15, 0.2) is 29.1 Å². The first-order valence-corrected chi connectivity index (χ1v) is 3.08. The Kier molecular flexibility index (Phi) is 1.15. The van der Waals surface area contributed by atoms with Crippen molar-refractivity contribution in [2.45, 2.75) is 0 Å². The Morgan fingerprint density at radius 1 is 1.45 bits per heavy atom. The van der Waals surface area contributed by atoms with Crippen molar-refractivity contribution in [3.8, 4) is 5.82 Å². The molecule has 5 nitrogen and oxygen atoms in total. The van der Waals surface area contributed by atoms with Gasteiger partial charge in [0.1, 0.15) is 12.1 Å². The molecular formula is C6H6N4O. The molecule has 2 rings (SSSR count). The van der Waals surface area contributed by atoms with Crippen molar-refractivity contribution in [2.24, 2.45) is 0 Å². The van der Waals surface area contributed by atoms with Crippen LogP contribution in [0.2, 0.25) is 0 Å². The van der Waals surface area contributed by atoms with Gasteiger partial charge in [0.25, 0.3) is 0 Å². The maximum atomic E-state index is 5.39. The van der Waals surface area contributed by atoms with Crippen LogP contribution in [0.4, 0.5) is 5.82 Å². The molecule has 2 N–H and O–H groups in total. The normalized spacial score (nSPS) is 10.2. The fourth-order valence-corrected chi connectivity index (χ4v) is 0.790. The standard InChI is InChI=1S/C6H6N4O/c7-5-1-3-10(8-5)6-2-4-11-9-6/h1-4H,(H2,7,8). The predicted octanol–water partition coefficient (Wildman–Crippen LogP) is 0.442.